The molecule has 6 atom stereocenters. The van der Waals surface area contributed by atoms with Crippen LogP contribution in [0.1, 0.15) is 68.9 Å². The molecular weight excluding hydrogens is 736 g/mol. The lowest BCUT2D eigenvalue weighted by Crippen LogP contribution is -2.57. The monoisotopic (exact) mass is 786 g/mol. The van der Waals surface area contributed by atoms with Gasteiger partial charge in [-0.05, 0) is 112 Å². The Bertz CT molecular complexity index is 1780. The summed E-state index contributed by atoms with van der Waals surface area (Å²) in [4.78, 5) is 72.6. The number of piperidine rings is 1. The molecule has 0 aromatic heterocycles. The first-order chi connectivity index (χ1) is 26.7. The molecule has 6 rings (SSSR count). The average molecular weight is 787 g/mol. The molecule has 0 saturated carbocycles. The Hall–Kier alpha value is -4.35. The van der Waals surface area contributed by atoms with Crippen LogP contribution in [0.15, 0.2) is 84.9 Å². The minimum absolute atomic E-state index is 0.136. The summed E-state index contributed by atoms with van der Waals surface area (Å²) >= 11 is 7.77. The van der Waals surface area contributed by atoms with E-state index < -0.39 is 35.9 Å². The predicted molar refractivity (Wildman–Crippen MR) is 215 cm³/mol. The lowest BCUT2D eigenvalue weighted by molar-refractivity contribution is -0.156. The van der Waals surface area contributed by atoms with E-state index in [1.54, 1.807) is 33.7 Å². The number of nitrogens with one attached hydrogen (secondary N) is 2. The number of esters is 1. The third kappa shape index (κ3) is 10.5. The largest absolute Gasteiger partial charge is 0.467 e. The van der Waals surface area contributed by atoms with Crippen LogP contribution < -0.4 is 15.5 Å². The Morgan fingerprint density at radius 3 is 1.91 bits per heavy atom. The van der Waals surface area contributed by atoms with Crippen molar-refractivity contribution >= 4 is 58.6 Å². The van der Waals surface area contributed by atoms with Gasteiger partial charge in [-0.15, -0.1) is 11.8 Å². The summed E-state index contributed by atoms with van der Waals surface area (Å²) < 4.78 is 5.07. The van der Waals surface area contributed by atoms with Gasteiger partial charge in [-0.25, -0.2) is 4.79 Å². The molecule has 3 heterocycles. The maximum Gasteiger partial charge on any atom is 0.328 e. The number of anilines is 1. The minimum Gasteiger partial charge on any atom is -0.467 e. The van der Waals surface area contributed by atoms with Crippen molar-refractivity contribution in [3.63, 3.8) is 0 Å². The lowest BCUT2D eigenvalue weighted by Gasteiger charge is -2.40. The molecular formula is C43H51ClN4O6S. The molecule has 3 fully saturated rings. The second-order valence-corrected chi connectivity index (χ2v) is 16.5. The van der Waals surface area contributed by atoms with E-state index in [-0.39, 0.29) is 29.0 Å². The van der Waals surface area contributed by atoms with Crippen LogP contribution in [0.5, 0.6) is 0 Å². The molecule has 292 valence electrons. The highest BCUT2D eigenvalue weighted by atomic mass is 35.5. The quantitative estimate of drug-likeness (QED) is 0.194. The Morgan fingerprint density at radius 1 is 0.745 bits per heavy atom. The molecule has 55 heavy (non-hydrogen) atoms. The van der Waals surface area contributed by atoms with E-state index in [0.717, 1.165) is 42.5 Å². The van der Waals surface area contributed by atoms with Crippen LogP contribution in [-0.2, 0) is 41.6 Å². The van der Waals surface area contributed by atoms with E-state index in [0.29, 0.717) is 62.3 Å². The summed E-state index contributed by atoms with van der Waals surface area (Å²) in [7, 11) is 1.34. The number of hydrogen-bond acceptors (Lipinski definition) is 7. The van der Waals surface area contributed by atoms with Gasteiger partial charge >= 0.3 is 5.97 Å². The van der Waals surface area contributed by atoms with Crippen molar-refractivity contribution in [2.45, 2.75) is 94.1 Å². The van der Waals surface area contributed by atoms with Crippen molar-refractivity contribution in [2.24, 2.45) is 11.8 Å². The maximum atomic E-state index is 14.3. The standard InChI is InChI=1S/C43H51ClN4O6S/c1-54-43(53)37-16-10-17-38-48(37)42(52)36(24-26-55-38)46-40(50)32(28-30-13-6-3-7-14-30)19-18-31(27-29-11-4-2-5-12-29)39(49)45-35-15-8-9-25-47(41(35)51)34-22-20-33(44)21-23-34/h2-7,11-14,20-23,31-32,35-38H,8-10,15-19,24-28H2,1H3,(H,45,49)(H,46,50)/t31-,32-,35+,36+,37+,38+/m1/s1. The number of thioether (sulfide) groups is 1. The zero-order valence-electron chi connectivity index (χ0n) is 31.4. The molecule has 3 aromatic carbocycles. The first-order valence-corrected chi connectivity index (χ1v) is 20.9. The number of halogens is 1. The van der Waals surface area contributed by atoms with Crippen molar-refractivity contribution < 1.29 is 28.7 Å². The number of rotatable bonds is 13. The summed E-state index contributed by atoms with van der Waals surface area (Å²) in [5, 5.41) is 6.66. The fraction of sp³-hybridized carbons (Fsp3) is 0.465. The Morgan fingerprint density at radius 2 is 1.33 bits per heavy atom. The number of fused-ring (bicyclic) bond motifs is 1. The number of amides is 4. The average Bonchev–Trinajstić information content (AvgIpc) is 3.48. The van der Waals surface area contributed by atoms with Crippen LogP contribution >= 0.6 is 23.4 Å². The topological polar surface area (TPSA) is 125 Å². The lowest BCUT2D eigenvalue weighted by atomic mass is 9.86. The van der Waals surface area contributed by atoms with Gasteiger partial charge in [-0.2, -0.15) is 0 Å². The molecule has 0 spiro atoms. The van der Waals surface area contributed by atoms with Gasteiger partial charge in [0.15, 0.2) is 0 Å². The summed E-state index contributed by atoms with van der Waals surface area (Å²) in [6.07, 6.45) is 6.38. The predicted octanol–water partition coefficient (Wildman–Crippen LogP) is 6.34. The number of methoxy groups -OCH3 is 1. The Kier molecular flexibility index (Phi) is 14.3. The van der Waals surface area contributed by atoms with Gasteiger partial charge in [0, 0.05) is 29.1 Å². The van der Waals surface area contributed by atoms with E-state index in [1.807, 2.05) is 72.8 Å². The van der Waals surface area contributed by atoms with Gasteiger partial charge in [0.05, 0.1) is 12.5 Å². The fourth-order valence-electron chi connectivity index (χ4n) is 8.03. The molecule has 2 N–H and O–H groups in total. The molecule has 0 bridgehead atoms. The first-order valence-electron chi connectivity index (χ1n) is 19.5. The van der Waals surface area contributed by atoms with Crippen LogP contribution in [0.25, 0.3) is 0 Å². The molecule has 3 aromatic rings. The second kappa shape index (κ2) is 19.5. The van der Waals surface area contributed by atoms with Crippen molar-refractivity contribution in [3.05, 3.63) is 101 Å². The molecule has 3 saturated heterocycles. The highest BCUT2D eigenvalue weighted by molar-refractivity contribution is 7.99. The number of carbonyl (C=O) groups is 5. The van der Waals surface area contributed by atoms with Crippen LogP contribution in [-0.4, -0.2) is 77.4 Å². The maximum absolute atomic E-state index is 14.3. The van der Waals surface area contributed by atoms with E-state index >= 15 is 0 Å². The highest BCUT2D eigenvalue weighted by Gasteiger charge is 2.44. The van der Waals surface area contributed by atoms with Gasteiger partial charge in [0.1, 0.15) is 18.1 Å². The van der Waals surface area contributed by atoms with E-state index in [9.17, 15) is 24.0 Å². The van der Waals surface area contributed by atoms with Crippen LogP contribution in [0, 0.1) is 11.8 Å². The summed E-state index contributed by atoms with van der Waals surface area (Å²) in [5.41, 5.74) is 2.70. The van der Waals surface area contributed by atoms with Gasteiger partial charge < -0.3 is 25.2 Å². The zero-order chi connectivity index (χ0) is 38.7. The Labute approximate surface area is 333 Å². The Balaban J connectivity index is 1.20. The minimum atomic E-state index is -0.776. The number of benzene rings is 3. The SMILES string of the molecule is COC(=O)[C@@H]1CCC[C@@H]2SCC[C@H](NC(=O)[C@H](CC[C@H](Cc3ccccc3)C(=O)N[C@H]3CCCCN(c4ccc(Cl)cc4)C3=O)Cc3ccccc3)C(=O)N21. The van der Waals surface area contributed by atoms with Crippen molar-refractivity contribution in [3.8, 4) is 0 Å². The highest BCUT2D eigenvalue weighted by Crippen LogP contribution is 2.35. The van der Waals surface area contributed by atoms with E-state index in [4.69, 9.17) is 16.3 Å². The number of hydrogen-bond donors (Lipinski definition) is 2. The van der Waals surface area contributed by atoms with Gasteiger partial charge in [0.25, 0.3) is 0 Å². The smallest absolute Gasteiger partial charge is 0.328 e. The molecule has 3 aliphatic heterocycles. The van der Waals surface area contributed by atoms with Crippen LogP contribution in [0.4, 0.5) is 5.69 Å². The molecule has 4 amide bonds. The summed E-state index contributed by atoms with van der Waals surface area (Å²) in [5.74, 6) is -1.69. The first kappa shape index (κ1) is 40.3. The molecule has 3 aliphatic rings. The van der Waals surface area contributed by atoms with Crippen molar-refractivity contribution in [2.75, 3.05) is 24.3 Å². The van der Waals surface area contributed by atoms with Crippen LogP contribution in [0.2, 0.25) is 5.02 Å². The molecule has 10 nitrogen and oxygen atoms in total. The normalized spacial score (nSPS) is 22.7. The molecule has 0 radical (unpaired) electrons. The molecule has 0 aliphatic carbocycles. The third-order valence-corrected chi connectivity index (χ3v) is 12.6. The molecule has 0 unspecified atom stereocenters. The number of ether oxygens (including phenoxy) is 1. The number of carbonyl (C=O) groups excluding carboxylic acids is 5. The van der Waals surface area contributed by atoms with Gasteiger partial charge in [0.2, 0.25) is 23.6 Å². The molecule has 12 heteroatoms. The third-order valence-electron chi connectivity index (χ3n) is 11.0. The fourth-order valence-corrected chi connectivity index (χ4v) is 9.55. The van der Waals surface area contributed by atoms with E-state index in [1.165, 1.54) is 7.11 Å². The van der Waals surface area contributed by atoms with Gasteiger partial charge in [-0.1, -0.05) is 72.3 Å². The summed E-state index contributed by atoms with van der Waals surface area (Å²) in [6, 6.07) is 24.6. The second-order valence-electron chi connectivity index (χ2n) is 14.8. The number of nitrogens with zero attached hydrogens (tertiary/aromatic N) is 2. The van der Waals surface area contributed by atoms with Gasteiger partial charge in [-0.3, -0.25) is 19.2 Å². The zero-order valence-corrected chi connectivity index (χ0v) is 32.9. The van der Waals surface area contributed by atoms with E-state index in [2.05, 4.69) is 10.6 Å². The summed E-state index contributed by atoms with van der Waals surface area (Å²) in [6.45, 7) is 0.556. The van der Waals surface area contributed by atoms with Crippen LogP contribution in [0.3, 0.4) is 0 Å². The van der Waals surface area contributed by atoms with Crippen molar-refractivity contribution in [1.29, 1.82) is 0 Å². The van der Waals surface area contributed by atoms with Crippen molar-refractivity contribution in [1.82, 2.24) is 15.5 Å².